The maximum Gasteiger partial charge on any atom is 0.515 e. The molecule has 104 valence electrons. The van der Waals surface area contributed by atoms with E-state index in [1.807, 2.05) is 27.7 Å². The van der Waals surface area contributed by atoms with Crippen LogP contribution in [0.2, 0.25) is 0 Å². The summed E-state index contributed by atoms with van der Waals surface area (Å²) >= 11 is 0. The number of aliphatic hydroxyl groups is 1. The molecule has 0 amide bonds. The molecule has 1 saturated heterocycles. The molecule has 1 aliphatic heterocycles. The van der Waals surface area contributed by atoms with Gasteiger partial charge in [-0.1, -0.05) is 0 Å². The lowest BCUT2D eigenvalue weighted by Gasteiger charge is -2.32. The van der Waals surface area contributed by atoms with Crippen molar-refractivity contribution >= 4 is 12.7 Å². The number of aliphatic hydroxyl groups excluding tert-OH is 1. The lowest BCUT2D eigenvalue weighted by atomic mass is 9.80. The van der Waals surface area contributed by atoms with Crippen molar-refractivity contribution in [2.45, 2.75) is 45.5 Å². The van der Waals surface area contributed by atoms with E-state index >= 15 is 0 Å². The second-order valence-electron chi connectivity index (χ2n) is 5.62. The number of pyridine rings is 1. The zero-order valence-corrected chi connectivity index (χ0v) is 12.1. The number of ether oxygens (including phenoxy) is 1. The van der Waals surface area contributed by atoms with Crippen LogP contribution in [0.3, 0.4) is 0 Å². The van der Waals surface area contributed by atoms with Crippen LogP contribution in [0.15, 0.2) is 12.3 Å². The van der Waals surface area contributed by atoms with Gasteiger partial charge in [0.05, 0.1) is 30.5 Å². The van der Waals surface area contributed by atoms with Gasteiger partial charge in [-0.3, -0.25) is 4.98 Å². The fourth-order valence-corrected chi connectivity index (χ4v) is 2.00. The predicted octanol–water partition coefficient (Wildman–Crippen LogP) is 0.882. The van der Waals surface area contributed by atoms with Crippen LogP contribution in [-0.4, -0.2) is 35.5 Å². The Morgan fingerprint density at radius 1 is 1.26 bits per heavy atom. The van der Waals surface area contributed by atoms with Crippen molar-refractivity contribution < 1.29 is 19.2 Å². The Bertz CT molecular complexity index is 460. The van der Waals surface area contributed by atoms with Gasteiger partial charge < -0.3 is 19.2 Å². The van der Waals surface area contributed by atoms with E-state index in [1.165, 1.54) is 0 Å². The maximum absolute atomic E-state index is 9.52. The summed E-state index contributed by atoms with van der Waals surface area (Å²) in [6.07, 6.45) is 1.62. The van der Waals surface area contributed by atoms with Gasteiger partial charge in [0.2, 0.25) is 0 Å². The second-order valence-corrected chi connectivity index (χ2v) is 5.62. The Kier molecular flexibility index (Phi) is 3.60. The number of rotatable bonds is 3. The molecule has 0 atom stereocenters. The Labute approximate surface area is 114 Å². The van der Waals surface area contributed by atoms with E-state index in [4.69, 9.17) is 14.0 Å². The van der Waals surface area contributed by atoms with Crippen molar-refractivity contribution in [2.24, 2.45) is 0 Å². The summed E-state index contributed by atoms with van der Waals surface area (Å²) in [5, 5.41) is 9.52. The summed E-state index contributed by atoms with van der Waals surface area (Å²) in [6, 6.07) is 1.71. The highest BCUT2D eigenvalue weighted by Gasteiger charge is 2.53. The van der Waals surface area contributed by atoms with Gasteiger partial charge in [-0.25, -0.2) is 0 Å². The van der Waals surface area contributed by atoms with Gasteiger partial charge in [-0.05, 0) is 33.8 Å². The van der Waals surface area contributed by atoms with E-state index in [0.717, 1.165) is 0 Å². The van der Waals surface area contributed by atoms with Crippen molar-refractivity contribution in [3.8, 4) is 5.75 Å². The summed E-state index contributed by atoms with van der Waals surface area (Å²) in [7, 11) is 0.963. The van der Waals surface area contributed by atoms with Gasteiger partial charge >= 0.3 is 7.12 Å². The third kappa shape index (κ3) is 2.36. The molecule has 0 aromatic carbocycles. The van der Waals surface area contributed by atoms with E-state index in [-0.39, 0.29) is 6.61 Å². The van der Waals surface area contributed by atoms with Gasteiger partial charge in [0.25, 0.3) is 0 Å². The molecule has 0 bridgehead atoms. The van der Waals surface area contributed by atoms with E-state index in [1.54, 1.807) is 19.4 Å². The molecule has 2 heterocycles. The molecule has 1 aliphatic rings. The average molecular weight is 265 g/mol. The topological polar surface area (TPSA) is 60.8 Å². The predicted molar refractivity (Wildman–Crippen MR) is 72.4 cm³/mol. The van der Waals surface area contributed by atoms with E-state index in [2.05, 4.69) is 4.98 Å². The third-order valence-electron chi connectivity index (χ3n) is 3.90. The zero-order chi connectivity index (χ0) is 14.3. The molecular formula is C13H20BNO4. The summed E-state index contributed by atoms with van der Waals surface area (Å²) in [4.78, 5) is 4.28. The summed E-state index contributed by atoms with van der Waals surface area (Å²) in [5.41, 5.74) is 0.300. The SMILES string of the molecule is COc1ccnc(B2OC(C)(C)C(C)(C)O2)c1CO. The van der Waals surface area contributed by atoms with Gasteiger partial charge in [0.15, 0.2) is 0 Å². The Morgan fingerprint density at radius 3 is 2.32 bits per heavy atom. The highest BCUT2D eigenvalue weighted by molar-refractivity contribution is 6.61. The van der Waals surface area contributed by atoms with Crippen LogP contribution in [0.25, 0.3) is 0 Å². The van der Waals surface area contributed by atoms with Crippen LogP contribution < -0.4 is 10.3 Å². The average Bonchev–Trinajstić information content (AvgIpc) is 2.57. The molecule has 1 aromatic rings. The maximum atomic E-state index is 9.52. The standard InChI is InChI=1S/C13H20BNO4/c1-12(2)13(3,4)19-14(18-12)11-9(8-16)10(17-5)6-7-15-11/h6-7,16H,8H2,1-5H3. The molecule has 19 heavy (non-hydrogen) atoms. The molecule has 0 aliphatic carbocycles. The Balaban J connectivity index is 2.39. The molecule has 1 N–H and O–H groups in total. The molecule has 0 radical (unpaired) electrons. The second kappa shape index (κ2) is 4.78. The van der Waals surface area contributed by atoms with Gasteiger partial charge in [0.1, 0.15) is 5.75 Å². The summed E-state index contributed by atoms with van der Waals surface area (Å²) in [6.45, 7) is 7.74. The van der Waals surface area contributed by atoms with Gasteiger partial charge in [-0.15, -0.1) is 0 Å². The van der Waals surface area contributed by atoms with E-state index in [9.17, 15) is 5.11 Å². The number of nitrogens with zero attached hydrogens (tertiary/aromatic N) is 1. The van der Waals surface area contributed by atoms with Gasteiger partial charge in [-0.2, -0.15) is 0 Å². The monoisotopic (exact) mass is 265 g/mol. The van der Waals surface area contributed by atoms with E-state index < -0.39 is 18.3 Å². The fraction of sp³-hybridized carbons (Fsp3) is 0.615. The van der Waals surface area contributed by atoms with Crippen LogP contribution >= 0.6 is 0 Å². The first-order valence-electron chi connectivity index (χ1n) is 6.30. The van der Waals surface area contributed by atoms with Crippen molar-refractivity contribution in [1.29, 1.82) is 0 Å². The van der Waals surface area contributed by atoms with E-state index in [0.29, 0.717) is 16.9 Å². The number of hydrogen-bond donors (Lipinski definition) is 1. The summed E-state index contributed by atoms with van der Waals surface area (Å²) in [5.74, 6) is 0.585. The van der Waals surface area contributed by atoms with Crippen LogP contribution in [0, 0.1) is 0 Å². The van der Waals surface area contributed by atoms with Crippen molar-refractivity contribution in [3.63, 3.8) is 0 Å². The van der Waals surface area contributed by atoms with Crippen LogP contribution in [0.1, 0.15) is 33.3 Å². The molecule has 1 aromatic heterocycles. The van der Waals surface area contributed by atoms with Crippen LogP contribution in [0.4, 0.5) is 0 Å². The van der Waals surface area contributed by atoms with Crippen molar-refractivity contribution in [1.82, 2.24) is 4.98 Å². The molecule has 6 heteroatoms. The smallest absolute Gasteiger partial charge is 0.496 e. The highest BCUT2D eigenvalue weighted by Crippen LogP contribution is 2.36. The fourth-order valence-electron chi connectivity index (χ4n) is 2.00. The van der Waals surface area contributed by atoms with Gasteiger partial charge in [0, 0.05) is 11.8 Å². The quantitative estimate of drug-likeness (QED) is 0.822. The molecular weight excluding hydrogens is 245 g/mol. The minimum Gasteiger partial charge on any atom is -0.496 e. The normalized spacial score (nSPS) is 20.6. The lowest BCUT2D eigenvalue weighted by Crippen LogP contribution is -2.41. The number of methoxy groups -OCH3 is 1. The molecule has 0 spiro atoms. The minimum atomic E-state index is -0.595. The Hall–Kier alpha value is -1.11. The molecule has 2 rings (SSSR count). The molecule has 1 fully saturated rings. The first kappa shape index (κ1) is 14.3. The lowest BCUT2D eigenvalue weighted by molar-refractivity contribution is 0.00578. The van der Waals surface area contributed by atoms with Crippen LogP contribution in [0.5, 0.6) is 5.75 Å². The number of aromatic nitrogens is 1. The van der Waals surface area contributed by atoms with Crippen LogP contribution in [-0.2, 0) is 15.9 Å². The largest absolute Gasteiger partial charge is 0.515 e. The molecule has 5 nitrogen and oxygen atoms in total. The first-order valence-corrected chi connectivity index (χ1v) is 6.30. The zero-order valence-electron chi connectivity index (χ0n) is 12.1. The minimum absolute atomic E-state index is 0.170. The summed E-state index contributed by atoms with van der Waals surface area (Å²) < 4.78 is 17.1. The molecule has 0 unspecified atom stereocenters. The number of hydrogen-bond acceptors (Lipinski definition) is 5. The third-order valence-corrected chi connectivity index (χ3v) is 3.90. The Morgan fingerprint density at radius 2 is 1.84 bits per heavy atom. The molecule has 0 saturated carbocycles. The highest BCUT2D eigenvalue weighted by atomic mass is 16.7. The van der Waals surface area contributed by atoms with Crippen molar-refractivity contribution in [3.05, 3.63) is 17.8 Å². The first-order chi connectivity index (χ1) is 8.82. The van der Waals surface area contributed by atoms with Crippen molar-refractivity contribution in [2.75, 3.05) is 7.11 Å².